The summed E-state index contributed by atoms with van der Waals surface area (Å²) in [4.78, 5) is 92.9. The smallest absolute Gasteiger partial charge is 0.368 e. The van der Waals surface area contributed by atoms with E-state index < -0.39 is 106 Å². The maximum atomic E-state index is 14.5. The van der Waals surface area contributed by atoms with Crippen LogP contribution < -0.4 is 16.8 Å². The van der Waals surface area contributed by atoms with Gasteiger partial charge >= 0.3 is 23.7 Å². The summed E-state index contributed by atoms with van der Waals surface area (Å²) in [5.74, 6) is -17.2. The highest BCUT2D eigenvalue weighted by Crippen LogP contribution is 2.62. The summed E-state index contributed by atoms with van der Waals surface area (Å²) >= 11 is 0. The number of nitrogens with zero attached hydrogens (tertiary/aromatic N) is 1. The maximum Gasteiger partial charge on any atom is 0.368 e. The van der Waals surface area contributed by atoms with Crippen LogP contribution in [0.1, 0.15) is 67.2 Å². The van der Waals surface area contributed by atoms with Crippen LogP contribution >= 0.6 is 0 Å². The summed E-state index contributed by atoms with van der Waals surface area (Å²) in [7, 11) is 0. The largest absolute Gasteiger partial charge is 0.500 e. The molecule has 0 aromatic heterocycles. The number of fused-ring (bicyclic) bond motifs is 1. The monoisotopic (exact) mass is 700 g/mol. The van der Waals surface area contributed by atoms with Crippen molar-refractivity contribution in [1.82, 2.24) is 10.2 Å². The number of rotatable bonds is 14. The molecule has 3 aliphatic heterocycles. The molecule has 0 bridgehead atoms. The van der Waals surface area contributed by atoms with E-state index >= 15 is 0 Å². The van der Waals surface area contributed by atoms with Crippen molar-refractivity contribution in [3.05, 3.63) is 5.76 Å². The first-order valence-corrected chi connectivity index (χ1v) is 15.5. The van der Waals surface area contributed by atoms with Crippen molar-refractivity contribution in [3.63, 3.8) is 0 Å². The lowest BCUT2D eigenvalue weighted by atomic mass is 9.60. The van der Waals surface area contributed by atoms with Crippen LogP contribution in [0.25, 0.3) is 0 Å². The fraction of sp³-hybridized carbons (Fsp3) is 0.733. The molecule has 3 saturated heterocycles. The summed E-state index contributed by atoms with van der Waals surface area (Å²) in [6.45, 7) is 8.33. The molecular weight excluding hydrogens is 656 g/mol. The molecule has 0 aromatic carbocycles. The number of carboxylic acids is 3. The summed E-state index contributed by atoms with van der Waals surface area (Å²) in [5, 5.41) is 56.1. The maximum absolute atomic E-state index is 14.5. The van der Waals surface area contributed by atoms with E-state index in [0.29, 0.717) is 6.42 Å². The number of ether oxygens (including phenoxy) is 3. The summed E-state index contributed by atoms with van der Waals surface area (Å²) < 4.78 is 17.0. The number of carboxylic acid groups (broad SMARTS) is 3. The Labute approximate surface area is 280 Å². The number of hydrogen-bond acceptors (Lipinski definition) is 14. The van der Waals surface area contributed by atoms with E-state index in [1.807, 2.05) is 0 Å². The van der Waals surface area contributed by atoms with Crippen LogP contribution in [-0.4, -0.2) is 131 Å². The number of hydrogen-bond donors (Lipinski definition) is 8. The lowest BCUT2D eigenvalue weighted by Gasteiger charge is -2.50. The SMILES string of the molecule is CC(C)C[C@H](N)C(=O)[C@@]12OC(C)(C)O[C@]1(C(=O)O)O[C@@H](C(O)=C=O)[C@@]2(O)[C@](N)(CC(=O)O)C(=O)N[C@H](C(=O)N1CCC[C@H]1C(=O)O)C(C)C. The van der Waals surface area contributed by atoms with E-state index in [4.69, 9.17) is 25.7 Å². The van der Waals surface area contributed by atoms with Gasteiger partial charge in [-0.25, -0.2) is 14.4 Å². The highest BCUT2D eigenvalue weighted by Gasteiger charge is 2.92. The normalized spacial score (nSPS) is 31.4. The summed E-state index contributed by atoms with van der Waals surface area (Å²) in [5.41, 5.74) is 1.75. The van der Waals surface area contributed by atoms with Crippen LogP contribution in [0.5, 0.6) is 0 Å². The number of carbonyl (C=O) groups is 6. The van der Waals surface area contributed by atoms with Gasteiger partial charge in [-0.1, -0.05) is 27.7 Å². The minimum atomic E-state index is -3.89. The molecule has 10 N–H and O–H groups in total. The van der Waals surface area contributed by atoms with Gasteiger partial charge in [0.05, 0.1) is 12.5 Å². The first-order chi connectivity index (χ1) is 22.4. The molecule has 0 aromatic rings. The second-order valence-electron chi connectivity index (χ2n) is 13.8. The van der Waals surface area contributed by atoms with E-state index in [1.165, 1.54) is 13.8 Å². The number of nitrogens with one attached hydrogen (secondary N) is 1. The topological polar surface area (TPSA) is 316 Å². The second kappa shape index (κ2) is 13.4. The number of amides is 2. The molecule has 49 heavy (non-hydrogen) atoms. The van der Waals surface area contributed by atoms with Crippen molar-refractivity contribution >= 4 is 41.4 Å². The molecule has 0 aliphatic carbocycles. The van der Waals surface area contributed by atoms with Gasteiger partial charge in [-0.2, -0.15) is 0 Å². The van der Waals surface area contributed by atoms with Crippen molar-refractivity contribution in [1.29, 1.82) is 0 Å². The Balaban J connectivity index is 2.40. The highest BCUT2D eigenvalue weighted by molar-refractivity contribution is 6.05. The van der Waals surface area contributed by atoms with Crippen molar-refractivity contribution in [2.24, 2.45) is 23.3 Å². The van der Waals surface area contributed by atoms with Gasteiger partial charge in [0.1, 0.15) is 17.6 Å². The van der Waals surface area contributed by atoms with Gasteiger partial charge in [0, 0.05) is 6.54 Å². The highest BCUT2D eigenvalue weighted by atomic mass is 16.9. The lowest BCUT2D eigenvalue weighted by molar-refractivity contribution is -0.269. The Hall–Kier alpha value is -3.97. The molecule has 0 radical (unpaired) electrons. The van der Waals surface area contributed by atoms with Gasteiger partial charge in [-0.3, -0.25) is 19.2 Å². The van der Waals surface area contributed by atoms with Crippen molar-refractivity contribution in [2.45, 2.75) is 120 Å². The Morgan fingerprint density at radius 2 is 1.63 bits per heavy atom. The third-order valence-electron chi connectivity index (χ3n) is 9.05. The van der Waals surface area contributed by atoms with Gasteiger partial charge in [-0.05, 0) is 44.9 Å². The van der Waals surface area contributed by atoms with Gasteiger partial charge in [0.15, 0.2) is 29.2 Å². The Kier molecular flexibility index (Phi) is 10.8. The van der Waals surface area contributed by atoms with Crippen LogP contribution in [0.2, 0.25) is 0 Å². The van der Waals surface area contributed by atoms with Crippen LogP contribution in [-0.2, 0) is 47.8 Å². The fourth-order valence-electron chi connectivity index (χ4n) is 7.00. The number of nitrogens with two attached hydrogens (primary N) is 2. The standard InChI is InChI=1S/C30H44N4O15/c1-13(2)10-15(31)20(39)29-28(46,21(17(36)12-35)47-30(29,25(44)45)49-26(5,6)48-29)27(32,11-18(37)38)24(43)33-19(14(3)4)22(40)34-9-7-8-16(34)23(41)42/h13-16,19,21,36,46H,7-11,31-32H2,1-6H3,(H,33,43)(H,37,38)(H,41,42)(H,44,45)/t15-,16-,19-,21-,27-,28+,29-,30-/m0/s1. The quantitative estimate of drug-likeness (QED) is 0.0719. The molecule has 3 fully saturated rings. The van der Waals surface area contributed by atoms with E-state index in [9.17, 15) is 59.1 Å². The molecular formula is C30H44N4O15. The number of aliphatic hydroxyl groups excluding tert-OH is 1. The third kappa shape index (κ3) is 6.09. The van der Waals surface area contributed by atoms with Crippen molar-refractivity contribution in [3.8, 4) is 0 Å². The molecule has 8 atom stereocenters. The first-order valence-electron chi connectivity index (χ1n) is 15.5. The second-order valence-corrected chi connectivity index (χ2v) is 13.8. The van der Waals surface area contributed by atoms with Crippen LogP contribution in [0, 0.1) is 11.8 Å². The Morgan fingerprint density at radius 3 is 2.10 bits per heavy atom. The molecule has 3 rings (SSSR count). The number of carbonyl (C=O) groups excluding carboxylic acids is 4. The zero-order valence-electron chi connectivity index (χ0n) is 27.9. The van der Waals surface area contributed by atoms with E-state index in [-0.39, 0.29) is 25.3 Å². The molecule has 274 valence electrons. The lowest BCUT2D eigenvalue weighted by Crippen LogP contribution is -2.84. The fourth-order valence-corrected chi connectivity index (χ4v) is 7.00. The third-order valence-corrected chi connectivity index (χ3v) is 9.05. The molecule has 0 spiro atoms. The van der Waals surface area contributed by atoms with Gasteiger partial charge in [0.2, 0.25) is 23.2 Å². The molecule has 0 unspecified atom stereocenters. The zero-order chi connectivity index (χ0) is 37.7. The average Bonchev–Trinajstić information content (AvgIpc) is 3.63. The minimum absolute atomic E-state index is 0.0115. The predicted octanol–water partition coefficient (Wildman–Crippen LogP) is -1.98. The van der Waals surface area contributed by atoms with E-state index in [1.54, 1.807) is 13.8 Å². The number of Topliss-reactive ketones (excluding diaryl/α,β-unsaturated/α-hetero) is 1. The van der Waals surface area contributed by atoms with Crippen LogP contribution in [0.15, 0.2) is 5.76 Å². The molecule has 3 heterocycles. The molecule has 0 saturated carbocycles. The average molecular weight is 701 g/mol. The van der Waals surface area contributed by atoms with Crippen LogP contribution in [0.4, 0.5) is 0 Å². The van der Waals surface area contributed by atoms with Gasteiger partial charge < -0.3 is 61.4 Å². The zero-order valence-corrected chi connectivity index (χ0v) is 27.9. The summed E-state index contributed by atoms with van der Waals surface area (Å²) in [6, 6.07) is -4.64. The molecule has 3 aliphatic rings. The number of aliphatic carboxylic acids is 3. The Bertz CT molecular complexity index is 1460. The molecule has 19 nitrogen and oxygen atoms in total. The minimum Gasteiger partial charge on any atom is -0.500 e. The van der Waals surface area contributed by atoms with E-state index in [2.05, 4.69) is 5.32 Å². The van der Waals surface area contributed by atoms with Crippen LogP contribution in [0.3, 0.4) is 0 Å². The number of ketones is 1. The van der Waals surface area contributed by atoms with Crippen molar-refractivity contribution in [2.75, 3.05) is 6.54 Å². The molecule has 2 amide bonds. The predicted molar refractivity (Wildman–Crippen MR) is 162 cm³/mol. The van der Waals surface area contributed by atoms with Gasteiger partial charge in [-0.15, -0.1) is 0 Å². The van der Waals surface area contributed by atoms with Gasteiger partial charge in [0.25, 0.3) is 0 Å². The van der Waals surface area contributed by atoms with E-state index in [0.717, 1.165) is 24.7 Å². The number of aliphatic hydroxyl groups is 2. The Morgan fingerprint density at radius 1 is 1.04 bits per heavy atom. The molecule has 19 heteroatoms. The van der Waals surface area contributed by atoms with Crippen molar-refractivity contribution < 1.29 is 73.3 Å². The summed E-state index contributed by atoms with van der Waals surface area (Å²) in [6.07, 6.45) is -4.31. The first kappa shape index (κ1) is 39.5. The number of likely N-dealkylation sites (tertiary alicyclic amines) is 1.